The van der Waals surface area contributed by atoms with Gasteiger partial charge in [0.25, 0.3) is 5.56 Å². The first-order chi connectivity index (χ1) is 10.2. The lowest BCUT2D eigenvalue weighted by Crippen LogP contribution is -2.46. The quantitative estimate of drug-likeness (QED) is 0.605. The summed E-state index contributed by atoms with van der Waals surface area (Å²) in [5.74, 6) is -0.756. The number of terminal acetylenes is 1. The number of ether oxygens (including phenoxy) is 1. The summed E-state index contributed by atoms with van der Waals surface area (Å²) in [5.41, 5.74) is -4.28. The second kappa shape index (κ2) is 5.28. The van der Waals surface area contributed by atoms with Crippen LogP contribution in [0, 0.1) is 18.3 Å². The molecule has 4 atom stereocenters. The molecular weight excluding hydrogens is 309 g/mol. The number of aliphatic hydroxyl groups is 2. The molecule has 2 rings (SSSR count). The molecule has 0 bridgehead atoms. The lowest BCUT2D eigenvalue weighted by atomic mass is 9.90. The highest BCUT2D eigenvalue weighted by molar-refractivity contribution is 5.18. The van der Waals surface area contributed by atoms with Gasteiger partial charge in [-0.25, -0.2) is 4.79 Å². The maximum atomic E-state index is 13.2. The molecule has 2 heterocycles. The van der Waals surface area contributed by atoms with Crippen LogP contribution in [0.1, 0.15) is 6.23 Å². The smallest absolute Gasteiger partial charge is 0.392 e. The molecular formula is C12H11F3N2O5. The monoisotopic (exact) mass is 320 g/mol. The number of rotatable bonds is 2. The Morgan fingerprint density at radius 2 is 2.14 bits per heavy atom. The summed E-state index contributed by atoms with van der Waals surface area (Å²) in [5, 5.41) is 19.1. The minimum atomic E-state index is -4.96. The van der Waals surface area contributed by atoms with Gasteiger partial charge in [-0.05, 0) is 0 Å². The first kappa shape index (κ1) is 16.3. The van der Waals surface area contributed by atoms with Gasteiger partial charge in [0, 0.05) is 12.3 Å². The van der Waals surface area contributed by atoms with Crippen molar-refractivity contribution >= 4 is 0 Å². The summed E-state index contributed by atoms with van der Waals surface area (Å²) >= 11 is 0. The van der Waals surface area contributed by atoms with Crippen molar-refractivity contribution in [2.75, 3.05) is 6.61 Å². The van der Waals surface area contributed by atoms with Crippen molar-refractivity contribution in [1.29, 1.82) is 0 Å². The van der Waals surface area contributed by atoms with Crippen molar-refractivity contribution < 1.29 is 28.1 Å². The summed E-state index contributed by atoms with van der Waals surface area (Å²) in [6.45, 7) is -1.08. The van der Waals surface area contributed by atoms with Crippen molar-refractivity contribution in [2.24, 2.45) is 5.92 Å². The fourth-order valence-corrected chi connectivity index (χ4v) is 2.30. The van der Waals surface area contributed by atoms with Gasteiger partial charge in [-0.3, -0.25) is 14.3 Å². The Morgan fingerprint density at radius 3 is 2.59 bits per heavy atom. The number of aromatic nitrogens is 2. The van der Waals surface area contributed by atoms with Crippen LogP contribution in [-0.2, 0) is 4.74 Å². The van der Waals surface area contributed by atoms with E-state index in [9.17, 15) is 33.0 Å². The number of H-pyrrole nitrogens is 1. The van der Waals surface area contributed by atoms with Crippen molar-refractivity contribution in [2.45, 2.75) is 24.1 Å². The van der Waals surface area contributed by atoms with Gasteiger partial charge in [-0.2, -0.15) is 13.2 Å². The van der Waals surface area contributed by atoms with Crippen LogP contribution < -0.4 is 11.2 Å². The second-order valence-electron chi connectivity index (χ2n) is 4.73. The molecule has 0 unspecified atom stereocenters. The van der Waals surface area contributed by atoms with Crippen LogP contribution in [0.2, 0.25) is 0 Å². The van der Waals surface area contributed by atoms with Gasteiger partial charge < -0.3 is 14.9 Å². The molecule has 0 spiro atoms. The van der Waals surface area contributed by atoms with E-state index in [0.717, 1.165) is 12.3 Å². The summed E-state index contributed by atoms with van der Waals surface area (Å²) in [4.78, 5) is 24.4. The number of nitrogens with one attached hydrogen (secondary N) is 1. The van der Waals surface area contributed by atoms with Crippen LogP contribution in [0.3, 0.4) is 0 Å². The third kappa shape index (κ3) is 2.43. The highest BCUT2D eigenvalue weighted by Crippen LogP contribution is 2.48. The van der Waals surface area contributed by atoms with Crippen molar-refractivity contribution in [3.05, 3.63) is 33.1 Å². The molecule has 1 saturated heterocycles. The summed E-state index contributed by atoms with van der Waals surface area (Å²) in [6.07, 6.45) is -3.41. The highest BCUT2D eigenvalue weighted by atomic mass is 19.4. The summed E-state index contributed by atoms with van der Waals surface area (Å²) < 4.78 is 45.0. The van der Waals surface area contributed by atoms with Gasteiger partial charge in [0.2, 0.25) is 0 Å². The van der Waals surface area contributed by atoms with E-state index >= 15 is 0 Å². The Bertz CT molecular complexity index is 719. The Hall–Kier alpha value is -2.09. The molecule has 0 aliphatic carbocycles. The van der Waals surface area contributed by atoms with E-state index in [1.807, 2.05) is 0 Å². The fourth-order valence-electron chi connectivity index (χ4n) is 2.30. The number of nitrogens with zero attached hydrogens (tertiary/aromatic N) is 1. The molecule has 7 nitrogen and oxygen atoms in total. The molecule has 0 aromatic carbocycles. The van der Waals surface area contributed by atoms with E-state index in [4.69, 9.17) is 11.2 Å². The average molecular weight is 320 g/mol. The molecule has 22 heavy (non-hydrogen) atoms. The maximum absolute atomic E-state index is 13.2. The third-order valence-electron chi connectivity index (χ3n) is 3.44. The van der Waals surface area contributed by atoms with E-state index in [2.05, 4.69) is 0 Å². The first-order valence-corrected chi connectivity index (χ1v) is 5.99. The van der Waals surface area contributed by atoms with E-state index < -0.39 is 47.9 Å². The molecule has 0 amide bonds. The van der Waals surface area contributed by atoms with E-state index in [-0.39, 0.29) is 0 Å². The summed E-state index contributed by atoms with van der Waals surface area (Å²) in [7, 11) is 0. The molecule has 120 valence electrons. The van der Waals surface area contributed by atoms with Crippen LogP contribution in [-0.4, -0.2) is 44.3 Å². The van der Waals surface area contributed by atoms with Gasteiger partial charge in [-0.15, -0.1) is 6.42 Å². The van der Waals surface area contributed by atoms with Gasteiger partial charge in [0.1, 0.15) is 12.0 Å². The van der Waals surface area contributed by atoms with E-state index in [1.165, 1.54) is 0 Å². The zero-order chi connectivity index (χ0) is 16.7. The van der Waals surface area contributed by atoms with Gasteiger partial charge >= 0.3 is 11.9 Å². The standard InChI is InChI=1S/C12H11F3N2O5/c1-2-11(5-18)8(20)7(12(13,14)15)9(22-11)17-4-3-6(19)16-10(17)21/h1,3-4,7-9,18,20H,5H2,(H,16,19,21)/t7-,8+,9-,11-/m1/s1. The van der Waals surface area contributed by atoms with Crippen LogP contribution in [0.4, 0.5) is 13.2 Å². The lowest BCUT2D eigenvalue weighted by Gasteiger charge is -2.25. The first-order valence-electron chi connectivity index (χ1n) is 5.99. The molecule has 1 aliphatic heterocycles. The number of halogens is 3. The number of aliphatic hydroxyl groups excluding tert-OH is 2. The Morgan fingerprint density at radius 1 is 1.50 bits per heavy atom. The Labute approximate surface area is 121 Å². The van der Waals surface area contributed by atoms with Crippen LogP contribution in [0.15, 0.2) is 21.9 Å². The van der Waals surface area contributed by atoms with Gasteiger partial charge in [0.15, 0.2) is 11.8 Å². The zero-order valence-corrected chi connectivity index (χ0v) is 10.9. The van der Waals surface area contributed by atoms with Crippen molar-refractivity contribution in [1.82, 2.24) is 9.55 Å². The predicted octanol–water partition coefficient (Wildman–Crippen LogP) is -1.03. The van der Waals surface area contributed by atoms with Crippen LogP contribution in [0.5, 0.6) is 0 Å². The molecule has 3 N–H and O–H groups in total. The molecule has 1 aliphatic rings. The molecule has 0 radical (unpaired) electrons. The van der Waals surface area contributed by atoms with Crippen molar-refractivity contribution in [3.63, 3.8) is 0 Å². The Kier molecular flexibility index (Phi) is 3.90. The minimum absolute atomic E-state index is 0.456. The second-order valence-corrected chi connectivity index (χ2v) is 4.73. The predicted molar refractivity (Wildman–Crippen MR) is 65.6 cm³/mol. The molecule has 0 saturated carbocycles. The number of aromatic amines is 1. The normalized spacial score (nSPS) is 31.9. The average Bonchev–Trinajstić information content (AvgIpc) is 2.72. The van der Waals surface area contributed by atoms with Crippen LogP contribution >= 0.6 is 0 Å². The number of alkyl halides is 3. The van der Waals surface area contributed by atoms with E-state index in [0.29, 0.717) is 4.57 Å². The summed E-state index contributed by atoms with van der Waals surface area (Å²) in [6, 6.07) is 0.819. The largest absolute Gasteiger partial charge is 0.398 e. The van der Waals surface area contributed by atoms with Crippen molar-refractivity contribution in [3.8, 4) is 12.3 Å². The minimum Gasteiger partial charge on any atom is -0.392 e. The Balaban J connectivity index is 2.60. The number of hydrogen-bond acceptors (Lipinski definition) is 5. The third-order valence-corrected chi connectivity index (χ3v) is 3.44. The topological polar surface area (TPSA) is 105 Å². The molecule has 1 aromatic heterocycles. The fraction of sp³-hybridized carbons (Fsp3) is 0.500. The van der Waals surface area contributed by atoms with Gasteiger partial charge in [0.05, 0.1) is 6.61 Å². The highest BCUT2D eigenvalue weighted by Gasteiger charge is 2.64. The SMILES string of the molecule is C#C[C@]1(CO)O[C@@H](n2ccc(=O)[nH]c2=O)[C@H](C(F)(F)F)[C@@H]1O. The molecule has 1 aromatic rings. The van der Waals surface area contributed by atoms with Crippen LogP contribution in [0.25, 0.3) is 0 Å². The number of hydrogen-bond donors (Lipinski definition) is 3. The zero-order valence-electron chi connectivity index (χ0n) is 10.9. The maximum Gasteiger partial charge on any atom is 0.398 e. The molecule has 1 fully saturated rings. The van der Waals surface area contributed by atoms with Gasteiger partial charge in [-0.1, -0.05) is 5.92 Å². The molecule has 10 heteroatoms. The lowest BCUT2D eigenvalue weighted by molar-refractivity contribution is -0.211. The van der Waals surface area contributed by atoms with E-state index in [1.54, 1.807) is 10.9 Å².